The summed E-state index contributed by atoms with van der Waals surface area (Å²) in [6, 6.07) is 24.0. The van der Waals surface area contributed by atoms with Crippen molar-refractivity contribution in [2.24, 2.45) is 0 Å². The lowest BCUT2D eigenvalue weighted by Crippen LogP contribution is -2.03. The van der Waals surface area contributed by atoms with Crippen LogP contribution in [0.5, 0.6) is 5.75 Å². The molecule has 0 aliphatic carbocycles. The van der Waals surface area contributed by atoms with Crippen LogP contribution in [0, 0.1) is 0 Å². The molecule has 0 amide bonds. The van der Waals surface area contributed by atoms with Crippen LogP contribution in [0.4, 0.5) is 0 Å². The van der Waals surface area contributed by atoms with Gasteiger partial charge in [0, 0.05) is 16.5 Å². The highest BCUT2D eigenvalue weighted by Crippen LogP contribution is 2.37. The second kappa shape index (κ2) is 5.70. The zero-order valence-electron chi connectivity index (χ0n) is 12.8. The van der Waals surface area contributed by atoms with Gasteiger partial charge in [-0.05, 0) is 23.8 Å². The molecule has 24 heavy (non-hydrogen) atoms. The average molecular weight is 314 g/mol. The van der Waals surface area contributed by atoms with Gasteiger partial charge in [-0.15, -0.1) is 0 Å². The summed E-state index contributed by atoms with van der Waals surface area (Å²) in [6.07, 6.45) is 0. The summed E-state index contributed by atoms with van der Waals surface area (Å²) in [5.74, 6) is 0.620. The molecule has 4 aromatic rings. The predicted molar refractivity (Wildman–Crippen MR) is 95.0 cm³/mol. The molecule has 0 aliphatic rings. The molecule has 0 saturated carbocycles. The number of rotatable bonds is 2. The summed E-state index contributed by atoms with van der Waals surface area (Å²) in [7, 11) is 0. The Morgan fingerprint density at radius 1 is 0.708 bits per heavy atom. The Bertz CT molecular complexity index is 1060. The molecule has 0 fully saturated rings. The van der Waals surface area contributed by atoms with Crippen LogP contribution >= 0.6 is 0 Å². The first-order chi connectivity index (χ1) is 11.7. The summed E-state index contributed by atoms with van der Waals surface area (Å²) in [5, 5.41) is 11.0. The summed E-state index contributed by atoms with van der Waals surface area (Å²) >= 11 is 0. The van der Waals surface area contributed by atoms with Crippen molar-refractivity contribution in [2.75, 3.05) is 0 Å². The predicted octanol–water partition coefficient (Wildman–Crippen LogP) is 4.83. The van der Waals surface area contributed by atoms with Gasteiger partial charge in [-0.1, -0.05) is 60.7 Å². The van der Waals surface area contributed by atoms with E-state index in [1.54, 1.807) is 12.1 Å². The van der Waals surface area contributed by atoms with Gasteiger partial charge in [0.15, 0.2) is 0 Å². The van der Waals surface area contributed by atoms with Crippen LogP contribution in [0.1, 0.15) is 0 Å². The standard InChI is InChI=1S/C21H14O3/c22-16-11-12-17-18(13-16)19(14-7-3-1-4-8-14)20(24-21(17)23)15-9-5-2-6-10-15/h1-13,22H. The first kappa shape index (κ1) is 14.3. The zero-order valence-corrected chi connectivity index (χ0v) is 12.8. The molecule has 1 N–H and O–H groups in total. The topological polar surface area (TPSA) is 50.4 Å². The molecular formula is C21H14O3. The Morgan fingerprint density at radius 3 is 2.00 bits per heavy atom. The van der Waals surface area contributed by atoms with Gasteiger partial charge >= 0.3 is 5.63 Å². The molecule has 0 aliphatic heterocycles. The fourth-order valence-electron chi connectivity index (χ4n) is 2.92. The highest BCUT2D eigenvalue weighted by atomic mass is 16.4. The average Bonchev–Trinajstić information content (AvgIpc) is 2.63. The molecule has 116 valence electrons. The van der Waals surface area contributed by atoms with E-state index in [0.29, 0.717) is 16.5 Å². The van der Waals surface area contributed by atoms with E-state index >= 15 is 0 Å². The van der Waals surface area contributed by atoms with E-state index < -0.39 is 5.63 Å². The SMILES string of the molecule is O=c1oc(-c2ccccc2)c(-c2ccccc2)c2cc(O)ccc12. The zero-order chi connectivity index (χ0) is 16.5. The summed E-state index contributed by atoms with van der Waals surface area (Å²) < 4.78 is 5.66. The van der Waals surface area contributed by atoms with E-state index in [1.807, 2.05) is 60.7 Å². The molecular weight excluding hydrogens is 300 g/mol. The van der Waals surface area contributed by atoms with Crippen molar-refractivity contribution in [2.45, 2.75) is 0 Å². The molecule has 1 aromatic heterocycles. The van der Waals surface area contributed by atoms with Crippen LogP contribution in [-0.4, -0.2) is 5.11 Å². The van der Waals surface area contributed by atoms with Gasteiger partial charge in [0.05, 0.1) is 5.39 Å². The molecule has 3 heteroatoms. The van der Waals surface area contributed by atoms with Gasteiger partial charge in [0.1, 0.15) is 11.5 Å². The van der Waals surface area contributed by atoms with Crippen molar-refractivity contribution in [3.8, 4) is 28.2 Å². The minimum absolute atomic E-state index is 0.115. The smallest absolute Gasteiger partial charge is 0.344 e. The van der Waals surface area contributed by atoms with Crippen LogP contribution in [-0.2, 0) is 0 Å². The highest BCUT2D eigenvalue weighted by molar-refractivity contribution is 6.01. The second-order valence-corrected chi connectivity index (χ2v) is 5.56. The van der Waals surface area contributed by atoms with Crippen molar-refractivity contribution >= 4 is 10.8 Å². The molecule has 3 nitrogen and oxygen atoms in total. The molecule has 4 rings (SSSR count). The number of hydrogen-bond acceptors (Lipinski definition) is 3. The van der Waals surface area contributed by atoms with Crippen LogP contribution in [0.2, 0.25) is 0 Å². The van der Waals surface area contributed by atoms with Crippen LogP contribution in [0.15, 0.2) is 88.1 Å². The molecule has 0 spiro atoms. The van der Waals surface area contributed by atoms with Gasteiger partial charge in [-0.3, -0.25) is 0 Å². The van der Waals surface area contributed by atoms with Crippen molar-refractivity contribution in [1.82, 2.24) is 0 Å². The molecule has 1 heterocycles. The van der Waals surface area contributed by atoms with Crippen molar-refractivity contribution < 1.29 is 9.52 Å². The fourth-order valence-corrected chi connectivity index (χ4v) is 2.92. The van der Waals surface area contributed by atoms with Gasteiger partial charge in [0.2, 0.25) is 0 Å². The van der Waals surface area contributed by atoms with E-state index in [9.17, 15) is 9.90 Å². The molecule has 0 atom stereocenters. The minimum atomic E-state index is -0.413. The van der Waals surface area contributed by atoms with E-state index in [0.717, 1.165) is 16.7 Å². The number of phenols is 1. The van der Waals surface area contributed by atoms with Gasteiger partial charge in [0.25, 0.3) is 0 Å². The lowest BCUT2D eigenvalue weighted by atomic mass is 9.95. The summed E-state index contributed by atoms with van der Waals surface area (Å²) in [5.41, 5.74) is 2.13. The first-order valence-electron chi connectivity index (χ1n) is 7.65. The Morgan fingerprint density at radius 2 is 1.33 bits per heavy atom. The second-order valence-electron chi connectivity index (χ2n) is 5.56. The maximum atomic E-state index is 12.4. The molecule has 0 unspecified atom stereocenters. The Hall–Kier alpha value is -3.33. The third-order valence-electron chi connectivity index (χ3n) is 4.01. The van der Waals surface area contributed by atoms with Gasteiger partial charge in [-0.25, -0.2) is 4.79 Å². The highest BCUT2D eigenvalue weighted by Gasteiger charge is 2.17. The Kier molecular flexibility index (Phi) is 3.39. The number of fused-ring (bicyclic) bond motifs is 1. The lowest BCUT2D eigenvalue weighted by molar-refractivity contribution is 0.476. The third kappa shape index (κ3) is 2.36. The van der Waals surface area contributed by atoms with E-state index in [4.69, 9.17) is 4.42 Å². The minimum Gasteiger partial charge on any atom is -0.508 e. The normalized spacial score (nSPS) is 10.8. The maximum absolute atomic E-state index is 12.4. The fraction of sp³-hybridized carbons (Fsp3) is 0. The summed E-state index contributed by atoms with van der Waals surface area (Å²) in [6.45, 7) is 0. The number of phenolic OH excluding ortho intramolecular Hbond substituents is 1. The van der Waals surface area contributed by atoms with Crippen molar-refractivity contribution in [1.29, 1.82) is 0 Å². The summed E-state index contributed by atoms with van der Waals surface area (Å²) in [4.78, 5) is 12.4. The lowest BCUT2D eigenvalue weighted by Gasteiger charge is -2.12. The van der Waals surface area contributed by atoms with E-state index in [-0.39, 0.29) is 5.75 Å². The van der Waals surface area contributed by atoms with Crippen LogP contribution < -0.4 is 5.63 Å². The monoisotopic (exact) mass is 314 g/mol. The Labute approximate surface area is 138 Å². The van der Waals surface area contributed by atoms with Crippen LogP contribution in [0.25, 0.3) is 33.2 Å². The number of benzene rings is 3. The van der Waals surface area contributed by atoms with Gasteiger partial charge < -0.3 is 9.52 Å². The van der Waals surface area contributed by atoms with Crippen molar-refractivity contribution in [3.05, 3.63) is 89.3 Å². The van der Waals surface area contributed by atoms with Crippen LogP contribution in [0.3, 0.4) is 0 Å². The Balaban J connectivity index is 2.18. The quantitative estimate of drug-likeness (QED) is 0.576. The number of aromatic hydroxyl groups is 1. The van der Waals surface area contributed by atoms with Gasteiger partial charge in [-0.2, -0.15) is 0 Å². The molecule has 0 radical (unpaired) electrons. The largest absolute Gasteiger partial charge is 0.508 e. The molecule has 3 aromatic carbocycles. The first-order valence-corrected chi connectivity index (χ1v) is 7.65. The molecule has 0 saturated heterocycles. The van der Waals surface area contributed by atoms with Crippen molar-refractivity contribution in [3.63, 3.8) is 0 Å². The van der Waals surface area contributed by atoms with E-state index in [1.165, 1.54) is 6.07 Å². The number of hydrogen-bond donors (Lipinski definition) is 1. The maximum Gasteiger partial charge on any atom is 0.344 e. The molecule has 0 bridgehead atoms. The van der Waals surface area contributed by atoms with E-state index in [2.05, 4.69) is 0 Å². The third-order valence-corrected chi connectivity index (χ3v) is 4.01.